The maximum absolute atomic E-state index is 13.6. The van der Waals surface area contributed by atoms with Crippen molar-refractivity contribution in [1.29, 1.82) is 0 Å². The lowest BCUT2D eigenvalue weighted by molar-refractivity contribution is -0.133. The molecule has 2 aliphatic heterocycles. The number of halogens is 2. The first-order valence-electron chi connectivity index (χ1n) is 8.14. The van der Waals surface area contributed by atoms with Gasteiger partial charge in [0.15, 0.2) is 11.6 Å². The molecule has 0 atom stereocenters. The minimum atomic E-state index is -0.416. The fourth-order valence-corrected chi connectivity index (χ4v) is 3.78. The number of amides is 1. The van der Waals surface area contributed by atoms with E-state index in [1.807, 2.05) is 4.90 Å². The Labute approximate surface area is 144 Å². The lowest BCUT2D eigenvalue weighted by atomic mass is 9.78. The third-order valence-electron chi connectivity index (χ3n) is 4.98. The number of hydrogen-bond acceptors (Lipinski definition) is 3. The molecule has 1 amide bonds. The van der Waals surface area contributed by atoms with Crippen LogP contribution in [0.3, 0.4) is 0 Å². The summed E-state index contributed by atoms with van der Waals surface area (Å²) in [6.45, 7) is 4.04. The average Bonchev–Trinajstić information content (AvgIpc) is 2.98. The van der Waals surface area contributed by atoms with Crippen LogP contribution >= 0.6 is 15.9 Å². The number of ether oxygens (including phenoxy) is 1. The zero-order valence-electron chi connectivity index (χ0n) is 13.1. The summed E-state index contributed by atoms with van der Waals surface area (Å²) >= 11 is 3.20. The monoisotopic (exact) mass is 384 g/mol. The number of carbonyl (C=O) groups excluding carboxylic acids is 1. The molecule has 2 heterocycles. The second-order valence-corrected chi connectivity index (χ2v) is 7.40. The summed E-state index contributed by atoms with van der Waals surface area (Å²) in [5.74, 6) is -0.126. The topological polar surface area (TPSA) is 41.6 Å². The Balaban J connectivity index is 1.43. The number of hydrogen-bond donors (Lipinski definition) is 1. The highest BCUT2D eigenvalue weighted by atomic mass is 79.9. The predicted octanol–water partition coefficient (Wildman–Crippen LogP) is 2.96. The zero-order chi connectivity index (χ0) is 16.3. The third kappa shape index (κ3) is 4.04. The van der Waals surface area contributed by atoms with Crippen LogP contribution in [0.5, 0.6) is 5.75 Å². The number of rotatable bonds is 4. The van der Waals surface area contributed by atoms with Gasteiger partial charge in [0.25, 0.3) is 0 Å². The molecule has 3 rings (SSSR count). The zero-order valence-corrected chi connectivity index (χ0v) is 14.7. The van der Waals surface area contributed by atoms with Gasteiger partial charge in [-0.05, 0) is 49.4 Å². The molecular weight excluding hydrogens is 363 g/mol. The molecule has 0 aliphatic carbocycles. The van der Waals surface area contributed by atoms with Gasteiger partial charge in [-0.3, -0.25) is 4.79 Å². The number of nitrogens with one attached hydrogen (secondary N) is 1. The van der Waals surface area contributed by atoms with Crippen LogP contribution in [0.25, 0.3) is 0 Å². The number of nitrogens with zero attached hydrogens (tertiary/aromatic N) is 1. The summed E-state index contributed by atoms with van der Waals surface area (Å²) in [5, 5.41) is 3.43. The highest BCUT2D eigenvalue weighted by molar-refractivity contribution is 9.10. The van der Waals surface area contributed by atoms with Crippen molar-refractivity contribution in [2.45, 2.75) is 25.7 Å². The van der Waals surface area contributed by atoms with Crippen molar-refractivity contribution in [3.63, 3.8) is 0 Å². The van der Waals surface area contributed by atoms with E-state index >= 15 is 0 Å². The summed E-state index contributed by atoms with van der Waals surface area (Å²) < 4.78 is 19.7. The molecule has 4 nitrogen and oxygen atoms in total. The SMILES string of the molecule is O=C(CCOc1ccc(Br)cc1F)N1CCC2(CCNC2)CC1. The van der Waals surface area contributed by atoms with Crippen molar-refractivity contribution in [2.24, 2.45) is 5.41 Å². The highest BCUT2D eigenvalue weighted by Gasteiger charge is 2.37. The molecule has 2 aliphatic rings. The van der Waals surface area contributed by atoms with Gasteiger partial charge in [-0.15, -0.1) is 0 Å². The van der Waals surface area contributed by atoms with Gasteiger partial charge in [0.05, 0.1) is 13.0 Å². The van der Waals surface area contributed by atoms with Crippen LogP contribution in [0.4, 0.5) is 4.39 Å². The standard InChI is InChI=1S/C17H22BrFN2O2/c18-13-1-2-15(14(19)11-13)23-10-3-16(22)21-8-5-17(6-9-21)4-7-20-12-17/h1-2,11,20H,3-10,12H2. The lowest BCUT2D eigenvalue weighted by Crippen LogP contribution is -2.44. The number of carbonyl (C=O) groups is 1. The van der Waals surface area contributed by atoms with Gasteiger partial charge in [-0.2, -0.15) is 0 Å². The first-order valence-corrected chi connectivity index (χ1v) is 8.94. The van der Waals surface area contributed by atoms with Gasteiger partial charge >= 0.3 is 0 Å². The van der Waals surface area contributed by atoms with Crippen LogP contribution < -0.4 is 10.1 Å². The summed E-state index contributed by atoms with van der Waals surface area (Å²) in [6, 6.07) is 4.65. The molecule has 1 N–H and O–H groups in total. The molecule has 1 aromatic carbocycles. The van der Waals surface area contributed by atoms with E-state index in [4.69, 9.17) is 4.74 Å². The fraction of sp³-hybridized carbons (Fsp3) is 0.588. The fourth-order valence-electron chi connectivity index (χ4n) is 3.45. The van der Waals surface area contributed by atoms with Gasteiger partial charge in [-0.1, -0.05) is 15.9 Å². The summed E-state index contributed by atoms with van der Waals surface area (Å²) in [6.07, 6.45) is 3.67. The van der Waals surface area contributed by atoms with E-state index in [9.17, 15) is 9.18 Å². The minimum Gasteiger partial charge on any atom is -0.490 e. The van der Waals surface area contributed by atoms with Crippen molar-refractivity contribution in [3.05, 3.63) is 28.5 Å². The van der Waals surface area contributed by atoms with Crippen molar-refractivity contribution in [2.75, 3.05) is 32.8 Å². The highest BCUT2D eigenvalue weighted by Crippen LogP contribution is 2.37. The lowest BCUT2D eigenvalue weighted by Gasteiger charge is -2.38. The van der Waals surface area contributed by atoms with Crippen molar-refractivity contribution < 1.29 is 13.9 Å². The number of benzene rings is 1. The van der Waals surface area contributed by atoms with Gasteiger partial charge in [0.2, 0.25) is 5.91 Å². The van der Waals surface area contributed by atoms with E-state index in [-0.39, 0.29) is 18.3 Å². The van der Waals surface area contributed by atoms with Gasteiger partial charge in [0.1, 0.15) is 0 Å². The van der Waals surface area contributed by atoms with Gasteiger partial charge in [0, 0.05) is 24.1 Å². The Morgan fingerprint density at radius 2 is 2.13 bits per heavy atom. The summed E-state index contributed by atoms with van der Waals surface area (Å²) in [4.78, 5) is 14.2. The Morgan fingerprint density at radius 3 is 2.78 bits per heavy atom. The minimum absolute atomic E-state index is 0.100. The van der Waals surface area contributed by atoms with Crippen LogP contribution in [0, 0.1) is 11.2 Å². The van der Waals surface area contributed by atoms with Crippen LogP contribution in [-0.4, -0.2) is 43.6 Å². The molecular formula is C17H22BrFN2O2. The predicted molar refractivity (Wildman–Crippen MR) is 89.9 cm³/mol. The molecule has 1 spiro atoms. The Morgan fingerprint density at radius 1 is 1.35 bits per heavy atom. The molecule has 0 bridgehead atoms. The second kappa shape index (κ2) is 7.18. The molecule has 0 radical (unpaired) electrons. The molecule has 0 unspecified atom stereocenters. The van der Waals surface area contributed by atoms with Crippen LogP contribution in [-0.2, 0) is 4.79 Å². The average molecular weight is 385 g/mol. The van der Waals surface area contributed by atoms with Gasteiger partial charge < -0.3 is 15.0 Å². The van der Waals surface area contributed by atoms with E-state index in [0.717, 1.165) is 39.0 Å². The summed E-state index contributed by atoms with van der Waals surface area (Å²) in [7, 11) is 0. The second-order valence-electron chi connectivity index (χ2n) is 6.48. The van der Waals surface area contributed by atoms with E-state index < -0.39 is 5.82 Å². The molecule has 0 saturated carbocycles. The number of likely N-dealkylation sites (tertiary alicyclic amines) is 1. The van der Waals surface area contributed by atoms with Crippen molar-refractivity contribution in [1.82, 2.24) is 10.2 Å². The first kappa shape index (κ1) is 16.7. The van der Waals surface area contributed by atoms with Crippen molar-refractivity contribution >= 4 is 21.8 Å². The summed E-state index contributed by atoms with van der Waals surface area (Å²) in [5.41, 5.74) is 0.411. The Kier molecular flexibility index (Phi) is 5.21. The Hall–Kier alpha value is -1.14. The van der Waals surface area contributed by atoms with E-state index in [1.165, 1.54) is 12.5 Å². The maximum atomic E-state index is 13.6. The van der Waals surface area contributed by atoms with Crippen LogP contribution in [0.15, 0.2) is 22.7 Å². The quantitative estimate of drug-likeness (QED) is 0.867. The maximum Gasteiger partial charge on any atom is 0.225 e. The molecule has 1 aromatic rings. The van der Waals surface area contributed by atoms with E-state index in [0.29, 0.717) is 16.3 Å². The van der Waals surface area contributed by atoms with E-state index in [2.05, 4.69) is 21.2 Å². The van der Waals surface area contributed by atoms with E-state index in [1.54, 1.807) is 12.1 Å². The molecule has 23 heavy (non-hydrogen) atoms. The first-order chi connectivity index (χ1) is 11.1. The van der Waals surface area contributed by atoms with Crippen molar-refractivity contribution in [3.8, 4) is 5.75 Å². The number of piperidine rings is 1. The van der Waals surface area contributed by atoms with Crippen LogP contribution in [0.2, 0.25) is 0 Å². The normalized spacial score (nSPS) is 20.0. The van der Waals surface area contributed by atoms with Crippen LogP contribution in [0.1, 0.15) is 25.7 Å². The molecule has 2 fully saturated rings. The molecule has 0 aromatic heterocycles. The van der Waals surface area contributed by atoms with Gasteiger partial charge in [-0.25, -0.2) is 4.39 Å². The smallest absolute Gasteiger partial charge is 0.225 e. The third-order valence-corrected chi connectivity index (χ3v) is 5.47. The molecule has 6 heteroatoms. The Bertz CT molecular complexity index is 566. The largest absolute Gasteiger partial charge is 0.490 e. The molecule has 126 valence electrons. The molecule has 2 saturated heterocycles.